The summed E-state index contributed by atoms with van der Waals surface area (Å²) in [6.07, 6.45) is 0. The summed E-state index contributed by atoms with van der Waals surface area (Å²) in [6.45, 7) is 7.87. The Balaban J connectivity index is 1.94. The summed E-state index contributed by atoms with van der Waals surface area (Å²) in [7, 11) is 4.21. The van der Waals surface area contributed by atoms with E-state index in [1.54, 1.807) is 0 Å². The van der Waals surface area contributed by atoms with Gasteiger partial charge in [0.25, 0.3) is 0 Å². The zero-order valence-electron chi connectivity index (χ0n) is 11.8. The molecule has 3 nitrogen and oxygen atoms in total. The first kappa shape index (κ1) is 13.5. The predicted molar refractivity (Wildman–Crippen MR) is 76.6 cm³/mol. The smallest absolute Gasteiger partial charge is 0.0235 e. The summed E-state index contributed by atoms with van der Waals surface area (Å²) in [5.74, 6) is 0. The van der Waals surface area contributed by atoms with E-state index in [0.717, 1.165) is 13.1 Å². The van der Waals surface area contributed by atoms with Crippen molar-refractivity contribution < 1.29 is 0 Å². The second kappa shape index (κ2) is 6.32. The van der Waals surface area contributed by atoms with Crippen molar-refractivity contribution in [2.45, 2.75) is 26.1 Å². The highest BCUT2D eigenvalue weighted by molar-refractivity contribution is 5.23. The minimum Gasteiger partial charge on any atom is -0.316 e. The Hall–Kier alpha value is -0.900. The normalized spacial score (nSPS) is 22.3. The summed E-state index contributed by atoms with van der Waals surface area (Å²) in [4.78, 5) is 5.00. The summed E-state index contributed by atoms with van der Waals surface area (Å²) in [6, 6.07) is 9.58. The van der Waals surface area contributed by atoms with Gasteiger partial charge in [-0.1, -0.05) is 24.3 Å². The Labute approximate surface area is 111 Å². The fourth-order valence-corrected chi connectivity index (χ4v) is 2.57. The minimum atomic E-state index is 0.666. The maximum Gasteiger partial charge on any atom is 0.0235 e. The quantitative estimate of drug-likeness (QED) is 0.871. The zero-order chi connectivity index (χ0) is 13.0. The van der Waals surface area contributed by atoms with Crippen LogP contribution in [0.4, 0.5) is 0 Å². The van der Waals surface area contributed by atoms with Crippen molar-refractivity contribution in [1.82, 2.24) is 15.1 Å². The molecular weight excluding hydrogens is 222 g/mol. The van der Waals surface area contributed by atoms with Crippen molar-refractivity contribution in [2.75, 3.05) is 33.7 Å². The van der Waals surface area contributed by atoms with Crippen molar-refractivity contribution >= 4 is 0 Å². The lowest BCUT2D eigenvalue weighted by atomic mass is 10.1. The molecule has 1 unspecified atom stereocenters. The van der Waals surface area contributed by atoms with E-state index < -0.39 is 0 Å². The van der Waals surface area contributed by atoms with E-state index in [4.69, 9.17) is 0 Å². The van der Waals surface area contributed by atoms with Gasteiger partial charge in [-0.2, -0.15) is 0 Å². The van der Waals surface area contributed by atoms with Crippen LogP contribution in [0.15, 0.2) is 24.3 Å². The number of piperazine rings is 1. The van der Waals surface area contributed by atoms with Gasteiger partial charge in [0.05, 0.1) is 0 Å². The van der Waals surface area contributed by atoms with Crippen LogP contribution in [0.3, 0.4) is 0 Å². The first-order chi connectivity index (χ1) is 8.69. The van der Waals surface area contributed by atoms with Gasteiger partial charge < -0.3 is 10.2 Å². The van der Waals surface area contributed by atoms with Gasteiger partial charge in [-0.3, -0.25) is 4.90 Å². The van der Waals surface area contributed by atoms with E-state index in [0.29, 0.717) is 6.04 Å². The molecule has 100 valence electrons. The zero-order valence-corrected chi connectivity index (χ0v) is 11.8. The molecule has 0 saturated carbocycles. The van der Waals surface area contributed by atoms with Crippen LogP contribution in [-0.4, -0.2) is 49.6 Å². The molecule has 1 aliphatic heterocycles. The van der Waals surface area contributed by atoms with Crippen molar-refractivity contribution in [3.63, 3.8) is 0 Å². The number of likely N-dealkylation sites (N-methyl/N-ethyl adjacent to an activating group) is 1. The van der Waals surface area contributed by atoms with Crippen molar-refractivity contribution in [1.29, 1.82) is 0 Å². The topological polar surface area (TPSA) is 18.5 Å². The van der Waals surface area contributed by atoms with Gasteiger partial charge in [-0.05, 0) is 32.1 Å². The van der Waals surface area contributed by atoms with Gasteiger partial charge in [0.2, 0.25) is 0 Å². The SMILES string of the molecule is CNCc1cccc(CN2CCN(C)C(C)C2)c1. The number of hydrogen-bond acceptors (Lipinski definition) is 3. The van der Waals surface area contributed by atoms with Crippen molar-refractivity contribution in [3.05, 3.63) is 35.4 Å². The Morgan fingerprint density at radius 1 is 1.28 bits per heavy atom. The average molecular weight is 247 g/mol. The van der Waals surface area contributed by atoms with Gasteiger partial charge in [-0.25, -0.2) is 0 Å². The van der Waals surface area contributed by atoms with Crippen LogP contribution in [0.5, 0.6) is 0 Å². The Morgan fingerprint density at radius 2 is 2.06 bits per heavy atom. The van der Waals surface area contributed by atoms with Crippen LogP contribution in [0.25, 0.3) is 0 Å². The third-order valence-electron chi connectivity index (χ3n) is 3.82. The van der Waals surface area contributed by atoms with Crippen LogP contribution in [0, 0.1) is 0 Å². The average Bonchev–Trinajstić information content (AvgIpc) is 2.35. The van der Waals surface area contributed by atoms with E-state index >= 15 is 0 Å². The van der Waals surface area contributed by atoms with E-state index in [9.17, 15) is 0 Å². The molecule has 1 aromatic carbocycles. The van der Waals surface area contributed by atoms with Gasteiger partial charge in [-0.15, -0.1) is 0 Å². The van der Waals surface area contributed by atoms with Gasteiger partial charge in [0.15, 0.2) is 0 Å². The molecule has 0 amide bonds. The molecule has 0 spiro atoms. The second-order valence-corrected chi connectivity index (χ2v) is 5.42. The predicted octanol–water partition coefficient (Wildman–Crippen LogP) is 1.54. The highest BCUT2D eigenvalue weighted by atomic mass is 15.3. The molecule has 2 rings (SSSR count). The van der Waals surface area contributed by atoms with Crippen LogP contribution < -0.4 is 5.32 Å². The molecule has 3 heteroatoms. The van der Waals surface area contributed by atoms with Gasteiger partial charge >= 0.3 is 0 Å². The first-order valence-corrected chi connectivity index (χ1v) is 6.84. The van der Waals surface area contributed by atoms with E-state index in [1.807, 2.05) is 7.05 Å². The largest absolute Gasteiger partial charge is 0.316 e. The standard InChI is InChI=1S/C15H25N3/c1-13-11-18(8-7-17(13)3)12-15-6-4-5-14(9-15)10-16-2/h4-6,9,13,16H,7-8,10-12H2,1-3H3. The molecular formula is C15H25N3. The lowest BCUT2D eigenvalue weighted by molar-refractivity contribution is 0.1000. The summed E-state index contributed by atoms with van der Waals surface area (Å²) >= 11 is 0. The Kier molecular flexibility index (Phi) is 4.75. The second-order valence-electron chi connectivity index (χ2n) is 5.42. The Bertz CT molecular complexity index is 378. The molecule has 0 aromatic heterocycles. The van der Waals surface area contributed by atoms with Crippen LogP contribution >= 0.6 is 0 Å². The van der Waals surface area contributed by atoms with E-state index in [1.165, 1.54) is 30.8 Å². The highest BCUT2D eigenvalue weighted by Crippen LogP contribution is 2.13. The Morgan fingerprint density at radius 3 is 2.78 bits per heavy atom. The summed E-state index contributed by atoms with van der Waals surface area (Å²) in [5.41, 5.74) is 2.80. The van der Waals surface area contributed by atoms with Gasteiger partial charge in [0.1, 0.15) is 0 Å². The maximum absolute atomic E-state index is 3.21. The molecule has 1 saturated heterocycles. The molecule has 0 bridgehead atoms. The molecule has 1 aliphatic rings. The lowest BCUT2D eigenvalue weighted by Crippen LogP contribution is -2.49. The van der Waals surface area contributed by atoms with Crippen molar-refractivity contribution in [3.8, 4) is 0 Å². The number of rotatable bonds is 4. The monoisotopic (exact) mass is 247 g/mol. The van der Waals surface area contributed by atoms with Crippen LogP contribution in [0.2, 0.25) is 0 Å². The fourth-order valence-electron chi connectivity index (χ4n) is 2.57. The molecule has 1 aromatic rings. The number of nitrogens with one attached hydrogen (secondary N) is 1. The molecule has 18 heavy (non-hydrogen) atoms. The summed E-state index contributed by atoms with van der Waals surface area (Å²) < 4.78 is 0. The van der Waals surface area contributed by atoms with Crippen LogP contribution in [0.1, 0.15) is 18.1 Å². The third kappa shape index (κ3) is 3.55. The summed E-state index contributed by atoms with van der Waals surface area (Å²) in [5, 5.41) is 3.21. The van der Waals surface area contributed by atoms with E-state index in [-0.39, 0.29) is 0 Å². The molecule has 0 aliphatic carbocycles. The third-order valence-corrected chi connectivity index (χ3v) is 3.82. The fraction of sp³-hybridized carbons (Fsp3) is 0.600. The first-order valence-electron chi connectivity index (χ1n) is 6.84. The van der Waals surface area contributed by atoms with Crippen LogP contribution in [-0.2, 0) is 13.1 Å². The molecule has 1 N–H and O–H groups in total. The van der Waals surface area contributed by atoms with Gasteiger partial charge in [0, 0.05) is 38.8 Å². The highest BCUT2D eigenvalue weighted by Gasteiger charge is 2.20. The minimum absolute atomic E-state index is 0.666. The van der Waals surface area contributed by atoms with E-state index in [2.05, 4.69) is 53.4 Å². The van der Waals surface area contributed by atoms with Crippen molar-refractivity contribution in [2.24, 2.45) is 0 Å². The maximum atomic E-state index is 3.21. The number of nitrogens with zero attached hydrogens (tertiary/aromatic N) is 2. The molecule has 1 atom stereocenters. The number of benzene rings is 1. The number of hydrogen-bond donors (Lipinski definition) is 1. The molecule has 1 fully saturated rings. The molecule has 0 radical (unpaired) electrons. The molecule has 1 heterocycles. The lowest BCUT2D eigenvalue weighted by Gasteiger charge is -2.37.